The molecule has 2 aromatic rings. The number of esters is 2. The van der Waals surface area contributed by atoms with Gasteiger partial charge in [0.05, 0.1) is 22.6 Å². The molecule has 0 spiro atoms. The number of carbonyl (C=O) groups excluding carboxylic acids is 3. The van der Waals surface area contributed by atoms with Crippen molar-refractivity contribution in [2.75, 3.05) is 25.2 Å². The summed E-state index contributed by atoms with van der Waals surface area (Å²) in [7, 11) is 1.29. The smallest absolute Gasteiger partial charge is 0.414 e. The lowest BCUT2D eigenvalue weighted by Crippen LogP contribution is -2.37. The van der Waals surface area contributed by atoms with Gasteiger partial charge in [-0.3, -0.25) is 4.90 Å². The Morgan fingerprint density at radius 3 is 2.44 bits per heavy atom. The zero-order valence-corrected chi connectivity index (χ0v) is 25.9. The topological polar surface area (TPSA) is 91.4 Å². The molecule has 0 radical (unpaired) electrons. The number of ether oxygens (including phenoxy) is 4. The van der Waals surface area contributed by atoms with E-state index in [1.54, 1.807) is 25.7 Å². The predicted molar refractivity (Wildman–Crippen MR) is 156 cm³/mol. The summed E-state index contributed by atoms with van der Waals surface area (Å²) in [6, 6.07) is 7.55. The van der Waals surface area contributed by atoms with Crippen LogP contribution >= 0.6 is 27.3 Å². The van der Waals surface area contributed by atoms with E-state index in [1.807, 2.05) is 38.1 Å². The summed E-state index contributed by atoms with van der Waals surface area (Å²) in [5, 5.41) is 0. The molecule has 8 nitrogen and oxygen atoms in total. The highest BCUT2D eigenvalue weighted by molar-refractivity contribution is 9.10. The number of hydrogen-bond acceptors (Lipinski definition) is 8. The summed E-state index contributed by atoms with van der Waals surface area (Å²) in [5.41, 5.74) is 0.816. The number of carbonyl (C=O) groups is 3. The monoisotopic (exact) mass is 623 g/mol. The Kier molecular flexibility index (Phi) is 10.8. The fourth-order valence-electron chi connectivity index (χ4n) is 4.43. The van der Waals surface area contributed by atoms with E-state index in [-0.39, 0.29) is 29.4 Å². The van der Waals surface area contributed by atoms with E-state index in [9.17, 15) is 14.4 Å². The third-order valence-corrected chi connectivity index (χ3v) is 8.30. The first-order chi connectivity index (χ1) is 18.4. The average Bonchev–Trinajstić information content (AvgIpc) is 3.20. The number of methoxy groups -OCH3 is 1. The Balaban J connectivity index is 1.95. The molecule has 1 aromatic heterocycles. The highest BCUT2D eigenvalue weighted by atomic mass is 79.9. The van der Waals surface area contributed by atoms with Gasteiger partial charge in [0.25, 0.3) is 0 Å². The van der Waals surface area contributed by atoms with Gasteiger partial charge in [0.2, 0.25) is 0 Å². The second-order valence-corrected chi connectivity index (χ2v) is 12.7. The van der Waals surface area contributed by atoms with Gasteiger partial charge in [-0.1, -0.05) is 31.4 Å². The van der Waals surface area contributed by atoms with Crippen LogP contribution in [-0.4, -0.2) is 50.0 Å². The maximum Gasteiger partial charge on any atom is 0.414 e. The lowest BCUT2D eigenvalue weighted by molar-refractivity contribution is -0.157. The molecule has 1 aromatic carbocycles. The molecule has 0 N–H and O–H groups in total. The van der Waals surface area contributed by atoms with Gasteiger partial charge >= 0.3 is 18.0 Å². The van der Waals surface area contributed by atoms with Gasteiger partial charge in [0, 0.05) is 12.2 Å². The van der Waals surface area contributed by atoms with Crippen molar-refractivity contribution in [1.29, 1.82) is 0 Å². The molecule has 1 heterocycles. The minimum Gasteiger partial charge on any atom is -0.479 e. The molecule has 0 atom stereocenters. The van der Waals surface area contributed by atoms with Crippen molar-refractivity contribution >= 4 is 51.0 Å². The predicted octanol–water partition coefficient (Wildman–Crippen LogP) is 7.62. The maximum absolute atomic E-state index is 13.1. The van der Waals surface area contributed by atoms with Crippen LogP contribution in [0.4, 0.5) is 10.5 Å². The molecule has 0 unspecified atom stereocenters. The largest absolute Gasteiger partial charge is 0.479 e. The summed E-state index contributed by atoms with van der Waals surface area (Å²) >= 11 is 4.75. The van der Waals surface area contributed by atoms with E-state index in [0.717, 1.165) is 18.4 Å². The maximum atomic E-state index is 13.1. The molecule has 1 aliphatic rings. The second-order valence-electron chi connectivity index (χ2n) is 10.9. The Hall–Kier alpha value is -2.59. The minimum absolute atomic E-state index is 0.205. The molecule has 1 aliphatic carbocycles. The highest BCUT2D eigenvalue weighted by Crippen LogP contribution is 2.46. The molecule has 0 bridgehead atoms. The summed E-state index contributed by atoms with van der Waals surface area (Å²) in [6.45, 7) is 9.19. The van der Waals surface area contributed by atoms with E-state index in [2.05, 4.69) is 15.9 Å². The van der Waals surface area contributed by atoms with Gasteiger partial charge in [-0.2, -0.15) is 0 Å². The first kappa shape index (κ1) is 30.9. The molecular weight excluding hydrogens is 586 g/mol. The van der Waals surface area contributed by atoms with Crippen LogP contribution in [0, 0.1) is 5.92 Å². The van der Waals surface area contributed by atoms with Crippen molar-refractivity contribution in [2.24, 2.45) is 5.92 Å². The summed E-state index contributed by atoms with van der Waals surface area (Å²) in [4.78, 5) is 40.6. The number of hydrogen-bond donors (Lipinski definition) is 0. The first-order valence-corrected chi connectivity index (χ1v) is 14.8. The zero-order valence-electron chi connectivity index (χ0n) is 23.5. The van der Waals surface area contributed by atoms with Crippen LogP contribution in [0.2, 0.25) is 0 Å². The van der Waals surface area contributed by atoms with Crippen LogP contribution in [0.1, 0.15) is 76.4 Å². The summed E-state index contributed by atoms with van der Waals surface area (Å²) < 4.78 is 22.2. The third kappa shape index (κ3) is 8.70. The van der Waals surface area contributed by atoms with Crippen LogP contribution in [0.25, 0.3) is 10.4 Å². The minimum atomic E-state index is -0.663. The SMILES string of the molecule is COC(=O)c1sc(-c2cccc(N(CC3CCCCC3)C(=O)OC(C)C)c2)c(Br)c1OCC(=O)OC(C)(C)C. The molecule has 10 heteroatoms. The third-order valence-electron chi connectivity index (χ3n) is 6.08. The number of thiophene rings is 1. The average molecular weight is 625 g/mol. The van der Waals surface area contributed by atoms with E-state index in [4.69, 9.17) is 18.9 Å². The quantitative estimate of drug-likeness (QED) is 0.209. The number of anilines is 1. The normalized spacial score (nSPS) is 14.2. The lowest BCUT2D eigenvalue weighted by Gasteiger charge is -2.30. The van der Waals surface area contributed by atoms with Crippen molar-refractivity contribution < 1.29 is 33.3 Å². The molecule has 0 aliphatic heterocycles. The van der Waals surface area contributed by atoms with Crippen LogP contribution in [-0.2, 0) is 19.0 Å². The van der Waals surface area contributed by atoms with Crippen molar-refractivity contribution in [3.8, 4) is 16.2 Å². The van der Waals surface area contributed by atoms with Gasteiger partial charge in [-0.05, 0) is 87.0 Å². The number of nitrogens with zero attached hydrogens (tertiary/aromatic N) is 1. The van der Waals surface area contributed by atoms with E-state index in [1.165, 1.54) is 37.7 Å². The van der Waals surface area contributed by atoms with Crippen molar-refractivity contribution in [3.63, 3.8) is 0 Å². The number of halogens is 1. The lowest BCUT2D eigenvalue weighted by atomic mass is 9.89. The molecule has 214 valence electrons. The Morgan fingerprint density at radius 1 is 1.13 bits per heavy atom. The number of amides is 1. The Morgan fingerprint density at radius 2 is 1.82 bits per heavy atom. The number of benzene rings is 1. The fourth-order valence-corrected chi connectivity index (χ4v) is 6.40. The van der Waals surface area contributed by atoms with Crippen LogP contribution in [0.15, 0.2) is 28.7 Å². The Labute approximate surface area is 243 Å². The van der Waals surface area contributed by atoms with Crippen LogP contribution < -0.4 is 9.64 Å². The standard InChI is InChI=1S/C29H38BrNO7S/c1-18(2)37-28(34)31(16-19-11-8-7-9-12-19)21-14-10-13-20(15-21)25-23(30)24(26(39-25)27(33)35-6)36-17-22(32)38-29(3,4)5/h10,13-15,18-19H,7-9,11-12,16-17H2,1-6H3. The van der Waals surface area contributed by atoms with Crippen LogP contribution in [0.5, 0.6) is 5.75 Å². The molecule has 0 saturated heterocycles. The van der Waals surface area contributed by atoms with Gasteiger partial charge < -0.3 is 18.9 Å². The molecule has 1 amide bonds. The van der Waals surface area contributed by atoms with Crippen molar-refractivity contribution in [3.05, 3.63) is 33.6 Å². The van der Waals surface area contributed by atoms with Gasteiger partial charge in [0.15, 0.2) is 17.2 Å². The van der Waals surface area contributed by atoms with E-state index >= 15 is 0 Å². The fraction of sp³-hybridized carbons (Fsp3) is 0.552. The molecular formula is C29H38BrNO7S. The Bertz CT molecular complexity index is 1160. The van der Waals surface area contributed by atoms with E-state index < -0.39 is 17.5 Å². The zero-order chi connectivity index (χ0) is 28.7. The number of rotatable bonds is 9. The molecule has 1 saturated carbocycles. The van der Waals surface area contributed by atoms with E-state index in [0.29, 0.717) is 27.5 Å². The molecule has 39 heavy (non-hydrogen) atoms. The van der Waals surface area contributed by atoms with Crippen molar-refractivity contribution in [2.45, 2.75) is 78.4 Å². The molecule has 3 rings (SSSR count). The van der Waals surface area contributed by atoms with Gasteiger partial charge in [0.1, 0.15) is 5.60 Å². The highest BCUT2D eigenvalue weighted by Gasteiger charge is 2.28. The summed E-state index contributed by atoms with van der Waals surface area (Å²) in [6.07, 6.45) is 5.12. The second kappa shape index (κ2) is 13.7. The summed E-state index contributed by atoms with van der Waals surface area (Å²) in [5.74, 6) is -0.519. The van der Waals surface area contributed by atoms with Crippen LogP contribution in [0.3, 0.4) is 0 Å². The van der Waals surface area contributed by atoms with Gasteiger partial charge in [-0.25, -0.2) is 14.4 Å². The van der Waals surface area contributed by atoms with Crippen molar-refractivity contribution in [1.82, 2.24) is 0 Å². The first-order valence-electron chi connectivity index (χ1n) is 13.2. The molecule has 1 fully saturated rings. The van der Waals surface area contributed by atoms with Gasteiger partial charge in [-0.15, -0.1) is 11.3 Å².